The lowest BCUT2D eigenvalue weighted by atomic mass is 10.1. The number of rotatable bonds is 2. The molecule has 0 bridgehead atoms. The number of anilines is 1. The van der Waals surface area contributed by atoms with E-state index in [0.717, 1.165) is 11.3 Å². The van der Waals surface area contributed by atoms with E-state index in [1.165, 1.54) is 0 Å². The van der Waals surface area contributed by atoms with Crippen LogP contribution in [0.3, 0.4) is 0 Å². The van der Waals surface area contributed by atoms with Crippen molar-refractivity contribution in [2.24, 2.45) is 21.7 Å². The third-order valence-corrected chi connectivity index (χ3v) is 1.64. The van der Waals surface area contributed by atoms with Gasteiger partial charge in [-0.05, 0) is 24.6 Å². The minimum absolute atomic E-state index is 0. The lowest BCUT2D eigenvalue weighted by Crippen LogP contribution is -2.22. The van der Waals surface area contributed by atoms with E-state index in [1.807, 2.05) is 19.1 Å². The molecule has 0 heterocycles. The third kappa shape index (κ3) is 4.33. The van der Waals surface area contributed by atoms with Crippen molar-refractivity contribution in [3.05, 3.63) is 29.8 Å². The topological polar surface area (TPSA) is 103 Å². The second-order valence-electron chi connectivity index (χ2n) is 2.83. The first-order valence-corrected chi connectivity index (χ1v) is 4.08. The number of nitrogen functional groups attached to an aromatic ring is 1. The maximum Gasteiger partial charge on any atom is 0.211 e. The van der Waals surface area contributed by atoms with Gasteiger partial charge >= 0.3 is 0 Å². The molecule has 82 valence electrons. The normalized spacial score (nSPS) is 10.3. The fourth-order valence-electron chi connectivity index (χ4n) is 0.915. The summed E-state index contributed by atoms with van der Waals surface area (Å²) >= 11 is 0. The Balaban J connectivity index is 0.00000196. The fraction of sp³-hybridized carbons (Fsp3) is 0.111. The summed E-state index contributed by atoms with van der Waals surface area (Å²) in [6.45, 7) is 1.82. The number of halogens is 1. The summed E-state index contributed by atoms with van der Waals surface area (Å²) in [5.41, 5.74) is 18.2. The van der Waals surface area contributed by atoms with Gasteiger partial charge in [0.2, 0.25) is 5.96 Å². The average molecular weight is 228 g/mol. The van der Waals surface area contributed by atoms with Crippen LogP contribution in [-0.4, -0.2) is 11.7 Å². The average Bonchev–Trinajstić information content (AvgIpc) is 2.15. The van der Waals surface area contributed by atoms with Crippen molar-refractivity contribution in [2.45, 2.75) is 6.92 Å². The van der Waals surface area contributed by atoms with Gasteiger partial charge in [0.05, 0.1) is 5.71 Å². The molecule has 0 amide bonds. The molecule has 5 nitrogen and oxygen atoms in total. The third-order valence-electron chi connectivity index (χ3n) is 1.64. The first-order valence-electron chi connectivity index (χ1n) is 4.08. The van der Waals surface area contributed by atoms with E-state index in [9.17, 15) is 0 Å². The van der Waals surface area contributed by atoms with Crippen molar-refractivity contribution in [1.29, 1.82) is 0 Å². The van der Waals surface area contributed by atoms with Crippen LogP contribution in [0.5, 0.6) is 0 Å². The molecule has 0 fully saturated rings. The zero-order valence-electron chi connectivity index (χ0n) is 8.34. The van der Waals surface area contributed by atoms with Gasteiger partial charge in [0.1, 0.15) is 0 Å². The molecule has 15 heavy (non-hydrogen) atoms. The molecule has 0 aliphatic carbocycles. The van der Waals surface area contributed by atoms with Crippen LogP contribution in [0, 0.1) is 0 Å². The molecule has 0 spiro atoms. The van der Waals surface area contributed by atoms with Crippen molar-refractivity contribution in [2.75, 3.05) is 5.73 Å². The van der Waals surface area contributed by atoms with Gasteiger partial charge in [0, 0.05) is 5.69 Å². The van der Waals surface area contributed by atoms with E-state index in [4.69, 9.17) is 17.2 Å². The van der Waals surface area contributed by atoms with E-state index < -0.39 is 0 Å². The number of guanidine groups is 1. The molecule has 6 heteroatoms. The molecule has 0 aromatic heterocycles. The van der Waals surface area contributed by atoms with Gasteiger partial charge in [-0.1, -0.05) is 12.1 Å². The molecule has 0 aliphatic heterocycles. The molecule has 0 saturated heterocycles. The van der Waals surface area contributed by atoms with Crippen molar-refractivity contribution >= 4 is 29.8 Å². The summed E-state index contributed by atoms with van der Waals surface area (Å²) in [6, 6.07) is 7.31. The van der Waals surface area contributed by atoms with Crippen LogP contribution in [0.25, 0.3) is 0 Å². The molecule has 0 aliphatic rings. The SMILES string of the molecule is C/C(=N/N=C(N)N)c1ccc(N)cc1.Cl. The molecule has 0 atom stereocenters. The monoisotopic (exact) mass is 227 g/mol. The van der Waals surface area contributed by atoms with E-state index >= 15 is 0 Å². The fourth-order valence-corrected chi connectivity index (χ4v) is 0.915. The summed E-state index contributed by atoms with van der Waals surface area (Å²) in [5, 5.41) is 7.39. The number of hydrogen-bond donors (Lipinski definition) is 3. The quantitative estimate of drug-likeness (QED) is 0.300. The zero-order chi connectivity index (χ0) is 10.6. The van der Waals surface area contributed by atoms with Gasteiger partial charge in [0.15, 0.2) is 0 Å². The van der Waals surface area contributed by atoms with E-state index in [0.29, 0.717) is 5.69 Å². The van der Waals surface area contributed by atoms with E-state index in [2.05, 4.69) is 10.2 Å². The highest BCUT2D eigenvalue weighted by Gasteiger charge is 1.95. The van der Waals surface area contributed by atoms with Crippen molar-refractivity contribution in [1.82, 2.24) is 0 Å². The molecule has 0 radical (unpaired) electrons. The first-order chi connectivity index (χ1) is 6.59. The number of nitrogens with zero attached hydrogens (tertiary/aromatic N) is 2. The van der Waals surface area contributed by atoms with Crippen LogP contribution in [-0.2, 0) is 0 Å². The maximum atomic E-state index is 5.54. The zero-order valence-corrected chi connectivity index (χ0v) is 9.16. The van der Waals surface area contributed by atoms with Crippen molar-refractivity contribution in [3.63, 3.8) is 0 Å². The second-order valence-corrected chi connectivity index (χ2v) is 2.83. The number of hydrogen-bond acceptors (Lipinski definition) is 3. The van der Waals surface area contributed by atoms with Crippen molar-refractivity contribution < 1.29 is 0 Å². The number of nitrogens with two attached hydrogens (primary N) is 3. The van der Waals surface area contributed by atoms with Crippen LogP contribution in [0.15, 0.2) is 34.5 Å². The van der Waals surface area contributed by atoms with Gasteiger partial charge < -0.3 is 17.2 Å². The van der Waals surface area contributed by atoms with Crippen LogP contribution >= 0.6 is 12.4 Å². The van der Waals surface area contributed by atoms with Gasteiger partial charge in [-0.15, -0.1) is 17.5 Å². The molecule has 0 saturated carbocycles. The van der Waals surface area contributed by atoms with E-state index in [1.54, 1.807) is 12.1 Å². The summed E-state index contributed by atoms with van der Waals surface area (Å²) in [7, 11) is 0. The minimum Gasteiger partial charge on any atom is -0.399 e. The highest BCUT2D eigenvalue weighted by molar-refractivity contribution is 5.99. The Bertz CT molecular complexity index is 365. The van der Waals surface area contributed by atoms with Gasteiger partial charge in [0.25, 0.3) is 0 Å². The highest BCUT2D eigenvalue weighted by Crippen LogP contribution is 2.06. The Hall–Kier alpha value is -1.75. The molecule has 1 aromatic rings. The maximum absolute atomic E-state index is 5.54. The Morgan fingerprint density at radius 3 is 2.07 bits per heavy atom. The lowest BCUT2D eigenvalue weighted by Gasteiger charge is -1.98. The minimum atomic E-state index is -0.0557. The van der Waals surface area contributed by atoms with Gasteiger partial charge in [-0.25, -0.2) is 0 Å². The van der Waals surface area contributed by atoms with Crippen molar-refractivity contribution in [3.8, 4) is 0 Å². The molecular formula is C9H14ClN5. The summed E-state index contributed by atoms with van der Waals surface area (Å²) < 4.78 is 0. The summed E-state index contributed by atoms with van der Waals surface area (Å²) in [5.74, 6) is -0.0557. The lowest BCUT2D eigenvalue weighted by molar-refractivity contribution is 1.20. The molecule has 6 N–H and O–H groups in total. The van der Waals surface area contributed by atoms with Crippen LogP contribution < -0.4 is 17.2 Å². The highest BCUT2D eigenvalue weighted by atomic mass is 35.5. The smallest absolute Gasteiger partial charge is 0.211 e. The van der Waals surface area contributed by atoms with E-state index in [-0.39, 0.29) is 18.4 Å². The summed E-state index contributed by atoms with van der Waals surface area (Å²) in [6.07, 6.45) is 0. The predicted molar refractivity (Wildman–Crippen MR) is 66.1 cm³/mol. The Morgan fingerprint density at radius 2 is 1.60 bits per heavy atom. The second kappa shape index (κ2) is 5.87. The summed E-state index contributed by atoms with van der Waals surface area (Å²) in [4.78, 5) is 0. The van der Waals surface area contributed by atoms with Crippen LogP contribution in [0.2, 0.25) is 0 Å². The van der Waals surface area contributed by atoms with Gasteiger partial charge in [-0.2, -0.15) is 5.10 Å². The molecule has 1 aromatic carbocycles. The van der Waals surface area contributed by atoms with Crippen LogP contribution in [0.4, 0.5) is 5.69 Å². The van der Waals surface area contributed by atoms with Gasteiger partial charge in [-0.3, -0.25) is 0 Å². The number of benzene rings is 1. The first kappa shape index (κ1) is 13.2. The Kier molecular flexibility index (Phi) is 5.19. The largest absolute Gasteiger partial charge is 0.399 e. The Labute approximate surface area is 94.5 Å². The predicted octanol–water partition coefficient (Wildman–Crippen LogP) is 0.688. The van der Waals surface area contributed by atoms with Crippen LogP contribution in [0.1, 0.15) is 12.5 Å². The molecule has 1 rings (SSSR count). The molecule has 0 unspecified atom stereocenters. The molecular weight excluding hydrogens is 214 g/mol. The standard InChI is InChI=1S/C9H13N5.ClH/c1-6(13-14-9(11)12)7-2-4-8(10)5-3-7;/h2-5H,10H2,1H3,(H4,11,12,14);1H/b13-6-;. The Morgan fingerprint density at radius 1 is 1.07 bits per heavy atom.